The number of halogens is 3. The number of carbonyl (C=O) groups is 3. The minimum absolute atomic E-state index is 0.000757. The normalized spacial score (nSPS) is 19.5. The van der Waals surface area contributed by atoms with Gasteiger partial charge >= 0.3 is 6.09 Å². The van der Waals surface area contributed by atoms with Crippen LogP contribution in [-0.4, -0.2) is 71.1 Å². The number of amides is 3. The van der Waals surface area contributed by atoms with E-state index < -0.39 is 42.5 Å². The van der Waals surface area contributed by atoms with Gasteiger partial charge in [0, 0.05) is 31.5 Å². The molecule has 2 aromatic rings. The van der Waals surface area contributed by atoms with Gasteiger partial charge in [0.25, 0.3) is 0 Å². The van der Waals surface area contributed by atoms with Crippen LogP contribution < -0.4 is 5.73 Å². The van der Waals surface area contributed by atoms with Gasteiger partial charge in [-0.2, -0.15) is 0 Å². The van der Waals surface area contributed by atoms with Gasteiger partial charge in [0.05, 0.1) is 13.2 Å². The Balaban J connectivity index is 1.53. The average Bonchev–Trinajstić information content (AvgIpc) is 2.91. The van der Waals surface area contributed by atoms with Crippen molar-refractivity contribution in [2.45, 2.75) is 51.1 Å². The van der Waals surface area contributed by atoms with Gasteiger partial charge < -0.3 is 20.3 Å². The molecule has 0 saturated carbocycles. The Morgan fingerprint density at radius 1 is 1.08 bits per heavy atom. The summed E-state index contributed by atoms with van der Waals surface area (Å²) in [6.45, 7) is -0.556. The van der Waals surface area contributed by atoms with Gasteiger partial charge in [0.1, 0.15) is 30.5 Å². The van der Waals surface area contributed by atoms with Gasteiger partial charge in [-0.05, 0) is 48.7 Å². The molecule has 1 unspecified atom stereocenters. The first kappa shape index (κ1) is 27.4. The number of fused-ring (bicyclic) bond motifs is 1. The van der Waals surface area contributed by atoms with Gasteiger partial charge in [0.15, 0.2) is 0 Å². The van der Waals surface area contributed by atoms with Crippen LogP contribution in [0.15, 0.2) is 42.5 Å². The fraction of sp³-hybridized carbons (Fsp3) is 0.444. The van der Waals surface area contributed by atoms with Crippen molar-refractivity contribution in [2.75, 3.05) is 26.2 Å². The molecule has 2 N–H and O–H groups in total. The summed E-state index contributed by atoms with van der Waals surface area (Å²) in [5.41, 5.74) is 6.90. The van der Waals surface area contributed by atoms with Gasteiger partial charge in [0.2, 0.25) is 11.8 Å². The van der Waals surface area contributed by atoms with E-state index in [9.17, 15) is 27.6 Å². The Bertz CT molecular complexity index is 1180. The fourth-order valence-corrected chi connectivity index (χ4v) is 5.06. The zero-order chi connectivity index (χ0) is 27.2. The molecule has 204 valence electrons. The van der Waals surface area contributed by atoms with Crippen molar-refractivity contribution in [3.63, 3.8) is 0 Å². The van der Waals surface area contributed by atoms with Crippen LogP contribution >= 0.6 is 0 Å². The summed E-state index contributed by atoms with van der Waals surface area (Å²) in [5.74, 6) is -1.99. The number of hydrogen-bond acceptors (Lipinski definition) is 5. The molecule has 2 saturated heterocycles. The van der Waals surface area contributed by atoms with E-state index in [0.29, 0.717) is 24.9 Å². The summed E-state index contributed by atoms with van der Waals surface area (Å²) < 4.78 is 46.9. The van der Waals surface area contributed by atoms with E-state index in [-0.39, 0.29) is 50.6 Å². The molecule has 0 bridgehead atoms. The zero-order valence-electron chi connectivity index (χ0n) is 21.0. The van der Waals surface area contributed by atoms with E-state index in [4.69, 9.17) is 10.5 Å². The Labute approximate surface area is 219 Å². The van der Waals surface area contributed by atoms with Gasteiger partial charge in [-0.15, -0.1) is 0 Å². The SMILES string of the molecule is NCCCC1C(=O)N(Cc2cc(F)ccc2F)C[C@@H]2N(C(=O)OCCc3ccccc3CF)CCC(=O)N12. The summed E-state index contributed by atoms with van der Waals surface area (Å²) in [5, 5.41) is 0. The molecule has 4 rings (SSSR count). The topological polar surface area (TPSA) is 96.2 Å². The van der Waals surface area contributed by atoms with Crippen molar-refractivity contribution in [1.82, 2.24) is 14.7 Å². The van der Waals surface area contributed by atoms with Crippen LogP contribution in [0.4, 0.5) is 18.0 Å². The Kier molecular flexibility index (Phi) is 8.88. The second-order valence-electron chi connectivity index (χ2n) is 9.39. The number of ether oxygens (including phenoxy) is 1. The van der Waals surface area contributed by atoms with Crippen LogP contribution in [0.25, 0.3) is 0 Å². The third kappa shape index (κ3) is 5.93. The van der Waals surface area contributed by atoms with Gasteiger partial charge in [-0.3, -0.25) is 14.5 Å². The molecule has 11 heteroatoms. The Hall–Kier alpha value is -3.60. The van der Waals surface area contributed by atoms with E-state index in [1.807, 2.05) is 0 Å². The molecule has 2 aromatic carbocycles. The van der Waals surface area contributed by atoms with Crippen molar-refractivity contribution < 1.29 is 32.3 Å². The first-order valence-corrected chi connectivity index (χ1v) is 12.6. The highest BCUT2D eigenvalue weighted by Crippen LogP contribution is 2.29. The predicted molar refractivity (Wildman–Crippen MR) is 132 cm³/mol. The third-order valence-electron chi connectivity index (χ3n) is 7.00. The highest BCUT2D eigenvalue weighted by atomic mass is 19.1. The second kappa shape index (κ2) is 12.3. The van der Waals surface area contributed by atoms with Gasteiger partial charge in [-0.1, -0.05) is 24.3 Å². The number of hydrogen-bond donors (Lipinski definition) is 1. The summed E-state index contributed by atoms with van der Waals surface area (Å²) in [6.07, 6.45) is -0.458. The lowest BCUT2D eigenvalue weighted by Gasteiger charge is -2.51. The van der Waals surface area contributed by atoms with Crippen molar-refractivity contribution in [1.29, 1.82) is 0 Å². The highest BCUT2D eigenvalue weighted by Gasteiger charge is 2.48. The van der Waals surface area contributed by atoms with E-state index in [2.05, 4.69) is 0 Å². The molecular formula is C27H31F3N4O4. The molecular weight excluding hydrogens is 501 g/mol. The summed E-state index contributed by atoms with van der Waals surface area (Å²) in [4.78, 5) is 43.6. The van der Waals surface area contributed by atoms with E-state index in [0.717, 1.165) is 23.8 Å². The number of piperazine rings is 1. The molecule has 0 aromatic heterocycles. The quantitative estimate of drug-likeness (QED) is 0.536. The number of benzene rings is 2. The second-order valence-corrected chi connectivity index (χ2v) is 9.39. The number of alkyl halides is 1. The van der Waals surface area contributed by atoms with Crippen molar-refractivity contribution in [2.24, 2.45) is 5.73 Å². The maximum absolute atomic E-state index is 14.4. The monoisotopic (exact) mass is 532 g/mol. The molecule has 2 heterocycles. The first-order valence-electron chi connectivity index (χ1n) is 12.6. The summed E-state index contributed by atoms with van der Waals surface area (Å²) in [6, 6.07) is 9.06. The molecule has 2 aliphatic rings. The molecule has 2 aliphatic heterocycles. The van der Waals surface area contributed by atoms with Crippen LogP contribution in [0.3, 0.4) is 0 Å². The average molecular weight is 533 g/mol. The molecule has 3 amide bonds. The Morgan fingerprint density at radius 2 is 1.84 bits per heavy atom. The van der Waals surface area contributed by atoms with Crippen LogP contribution in [0.1, 0.15) is 36.0 Å². The molecule has 0 radical (unpaired) electrons. The molecule has 38 heavy (non-hydrogen) atoms. The molecule has 0 spiro atoms. The van der Waals surface area contributed by atoms with Crippen molar-refractivity contribution >= 4 is 17.9 Å². The molecule has 2 atom stereocenters. The number of nitrogens with two attached hydrogens (primary N) is 1. The lowest BCUT2D eigenvalue weighted by molar-refractivity contribution is -0.169. The van der Waals surface area contributed by atoms with E-state index in [1.54, 1.807) is 24.3 Å². The van der Waals surface area contributed by atoms with E-state index >= 15 is 0 Å². The minimum Gasteiger partial charge on any atom is -0.449 e. The van der Waals surface area contributed by atoms with Gasteiger partial charge in [-0.25, -0.2) is 18.0 Å². The minimum atomic E-state index is -0.895. The summed E-state index contributed by atoms with van der Waals surface area (Å²) in [7, 11) is 0. The molecule has 0 aliphatic carbocycles. The maximum atomic E-state index is 14.4. The molecule has 8 nitrogen and oxygen atoms in total. The first-order chi connectivity index (χ1) is 18.3. The van der Waals surface area contributed by atoms with Crippen LogP contribution in [-0.2, 0) is 34.0 Å². The Morgan fingerprint density at radius 3 is 2.58 bits per heavy atom. The van der Waals surface area contributed by atoms with Crippen molar-refractivity contribution in [3.05, 3.63) is 70.8 Å². The van der Waals surface area contributed by atoms with Crippen LogP contribution in [0.2, 0.25) is 0 Å². The molecule has 2 fully saturated rings. The standard InChI is InChI=1S/C27H31F3N4O4/c28-15-19-5-2-1-4-18(19)10-13-38-27(37)33-12-9-25(35)34-23(6-3-11-31)26(36)32(17-24(33)34)16-20-14-21(29)7-8-22(20)30/h1-2,4-5,7-8,14,23-24H,3,6,9-13,15-17,31H2/t23?,24-/m1/s1. The number of carbonyl (C=O) groups excluding carboxylic acids is 3. The lowest BCUT2D eigenvalue weighted by atomic mass is 9.99. The fourth-order valence-electron chi connectivity index (χ4n) is 5.06. The summed E-state index contributed by atoms with van der Waals surface area (Å²) >= 11 is 0. The highest BCUT2D eigenvalue weighted by molar-refractivity contribution is 5.90. The largest absolute Gasteiger partial charge is 0.449 e. The smallest absolute Gasteiger partial charge is 0.411 e. The number of rotatable bonds is 9. The van der Waals surface area contributed by atoms with Crippen LogP contribution in [0.5, 0.6) is 0 Å². The maximum Gasteiger partial charge on any atom is 0.411 e. The van der Waals surface area contributed by atoms with E-state index in [1.165, 1.54) is 14.7 Å². The third-order valence-corrected chi connectivity index (χ3v) is 7.00. The van der Waals surface area contributed by atoms with Crippen LogP contribution in [0, 0.1) is 11.6 Å². The predicted octanol–water partition coefficient (Wildman–Crippen LogP) is 3.12. The van der Waals surface area contributed by atoms with Crippen molar-refractivity contribution in [3.8, 4) is 0 Å². The lowest BCUT2D eigenvalue weighted by Crippen LogP contribution is -2.71. The zero-order valence-corrected chi connectivity index (χ0v) is 21.0. The number of nitrogens with zero attached hydrogens (tertiary/aromatic N) is 3.